The Labute approximate surface area is 153 Å². The van der Waals surface area contributed by atoms with Crippen LogP contribution in [0.5, 0.6) is 0 Å². The average Bonchev–Trinajstić information content (AvgIpc) is 2.55. The van der Waals surface area contributed by atoms with Gasteiger partial charge < -0.3 is 0 Å². The van der Waals surface area contributed by atoms with Crippen molar-refractivity contribution in [1.29, 1.82) is 0 Å². The number of hydrazone groups is 1. The molecule has 6 heteroatoms. The Morgan fingerprint density at radius 1 is 1.17 bits per heavy atom. The Kier molecular flexibility index (Phi) is 6.69. The lowest BCUT2D eigenvalue weighted by atomic mass is 10.1. The fourth-order valence-corrected chi connectivity index (χ4v) is 3.01. The maximum Gasteiger partial charge on any atom is 0.253 e. The van der Waals surface area contributed by atoms with E-state index in [1.54, 1.807) is 0 Å². The van der Waals surface area contributed by atoms with Gasteiger partial charge in [0, 0.05) is 14.4 Å². The molecule has 0 aliphatic rings. The molecule has 2 rings (SSSR count). The number of nitrogens with one attached hydrogen (secondary N) is 1. The van der Waals surface area contributed by atoms with Crippen molar-refractivity contribution < 1.29 is 4.79 Å². The Bertz CT molecular complexity index is 702. The van der Waals surface area contributed by atoms with Crippen LogP contribution in [-0.4, -0.2) is 16.9 Å². The minimum Gasteiger partial charge on any atom is -0.272 e. The molecule has 0 heterocycles. The van der Waals surface area contributed by atoms with Crippen molar-refractivity contribution in [2.24, 2.45) is 5.10 Å². The molecule has 0 spiro atoms. The summed E-state index contributed by atoms with van der Waals surface area (Å²) in [6.45, 7) is 3.71. The van der Waals surface area contributed by atoms with Crippen LogP contribution < -0.4 is 5.43 Å². The molecule has 2 aromatic carbocycles. The number of halogens is 2. The van der Waals surface area contributed by atoms with Gasteiger partial charge in [-0.3, -0.25) is 4.79 Å². The van der Waals surface area contributed by atoms with Gasteiger partial charge in [0.1, 0.15) is 0 Å². The zero-order chi connectivity index (χ0) is 16.8. The number of carbonyl (C=O) groups is 1. The molecule has 1 amide bonds. The van der Waals surface area contributed by atoms with Crippen LogP contribution in [0.25, 0.3) is 0 Å². The number of amides is 1. The summed E-state index contributed by atoms with van der Waals surface area (Å²) in [4.78, 5) is 13.1. The third kappa shape index (κ3) is 5.68. The van der Waals surface area contributed by atoms with E-state index in [9.17, 15) is 4.79 Å². The van der Waals surface area contributed by atoms with Gasteiger partial charge in [-0.2, -0.15) is 5.10 Å². The molecule has 0 aromatic heterocycles. The molecule has 0 bridgehead atoms. The zero-order valence-corrected chi connectivity index (χ0v) is 15.9. The number of nitrogens with zero attached hydrogens (tertiary/aromatic N) is 1. The lowest BCUT2D eigenvalue weighted by molar-refractivity contribution is -0.120. The van der Waals surface area contributed by atoms with Crippen molar-refractivity contribution in [3.05, 3.63) is 63.6 Å². The van der Waals surface area contributed by atoms with Gasteiger partial charge in [0.15, 0.2) is 0 Å². The smallest absolute Gasteiger partial charge is 0.253 e. The molecule has 23 heavy (non-hydrogen) atoms. The number of thioether (sulfide) groups is 1. The molecule has 120 valence electrons. The van der Waals surface area contributed by atoms with E-state index in [2.05, 4.69) is 26.5 Å². The van der Waals surface area contributed by atoms with E-state index in [0.29, 0.717) is 5.02 Å². The van der Waals surface area contributed by atoms with E-state index in [1.165, 1.54) is 11.8 Å². The van der Waals surface area contributed by atoms with Crippen LogP contribution in [0, 0.1) is 0 Å². The lowest BCUT2D eigenvalue weighted by Gasteiger charge is -2.10. The molecule has 0 fully saturated rings. The standard InChI is InChI=1S/C17H16BrClN2OS/c1-11(13-3-5-14(18)6-4-13)20-21-17(22)12(2)23-16-9-7-15(19)8-10-16/h3-10,12H,1-2H3,(H,21,22)/b20-11-/t12-/m1/s1. The maximum absolute atomic E-state index is 12.1. The summed E-state index contributed by atoms with van der Waals surface area (Å²) in [6, 6.07) is 15.2. The van der Waals surface area contributed by atoms with Crippen molar-refractivity contribution in [2.75, 3.05) is 0 Å². The predicted octanol–water partition coefficient (Wildman–Crippen LogP) is 5.12. The quantitative estimate of drug-likeness (QED) is 0.421. The summed E-state index contributed by atoms with van der Waals surface area (Å²) < 4.78 is 1.01. The number of carbonyl (C=O) groups excluding carboxylic acids is 1. The zero-order valence-electron chi connectivity index (χ0n) is 12.7. The highest BCUT2D eigenvalue weighted by Crippen LogP contribution is 2.24. The molecule has 0 aliphatic carbocycles. The number of rotatable bonds is 5. The Balaban J connectivity index is 1.93. The highest BCUT2D eigenvalue weighted by Gasteiger charge is 2.14. The minimum absolute atomic E-state index is 0.138. The second kappa shape index (κ2) is 8.52. The van der Waals surface area contributed by atoms with Crippen LogP contribution in [-0.2, 0) is 4.79 Å². The van der Waals surface area contributed by atoms with E-state index in [-0.39, 0.29) is 11.2 Å². The number of benzene rings is 2. The van der Waals surface area contributed by atoms with E-state index < -0.39 is 0 Å². The SMILES string of the molecule is C/C(=N/NC(=O)[C@@H](C)Sc1ccc(Cl)cc1)c1ccc(Br)cc1. The first kappa shape index (κ1) is 18.0. The van der Waals surface area contributed by atoms with E-state index in [0.717, 1.165) is 20.6 Å². The molecule has 0 radical (unpaired) electrons. The monoisotopic (exact) mass is 410 g/mol. The maximum atomic E-state index is 12.1. The van der Waals surface area contributed by atoms with Crippen molar-refractivity contribution in [3.63, 3.8) is 0 Å². The Morgan fingerprint density at radius 2 is 1.78 bits per heavy atom. The molecule has 1 N–H and O–H groups in total. The summed E-state index contributed by atoms with van der Waals surface area (Å²) in [5.74, 6) is -0.138. The van der Waals surface area contributed by atoms with Crippen LogP contribution in [0.15, 0.2) is 63.0 Å². The topological polar surface area (TPSA) is 41.5 Å². The Hall–Kier alpha value is -1.30. The van der Waals surface area contributed by atoms with Crippen LogP contribution in [0.1, 0.15) is 19.4 Å². The highest BCUT2D eigenvalue weighted by molar-refractivity contribution is 9.10. The van der Waals surface area contributed by atoms with Gasteiger partial charge in [0.25, 0.3) is 5.91 Å². The molecule has 0 aliphatic heterocycles. The molecular weight excluding hydrogens is 396 g/mol. The summed E-state index contributed by atoms with van der Waals surface area (Å²) in [6.07, 6.45) is 0. The van der Waals surface area contributed by atoms with Gasteiger partial charge in [0.05, 0.1) is 11.0 Å². The Morgan fingerprint density at radius 3 is 2.39 bits per heavy atom. The average molecular weight is 412 g/mol. The minimum atomic E-state index is -0.252. The van der Waals surface area contributed by atoms with Crippen LogP contribution in [0.4, 0.5) is 0 Å². The lowest BCUT2D eigenvalue weighted by Crippen LogP contribution is -2.27. The van der Waals surface area contributed by atoms with E-state index in [4.69, 9.17) is 11.6 Å². The molecular formula is C17H16BrClN2OS. The van der Waals surface area contributed by atoms with Gasteiger partial charge in [0.2, 0.25) is 0 Å². The second-order valence-electron chi connectivity index (χ2n) is 4.89. The predicted molar refractivity (Wildman–Crippen MR) is 101 cm³/mol. The fourth-order valence-electron chi connectivity index (χ4n) is 1.76. The van der Waals surface area contributed by atoms with Crippen LogP contribution in [0.2, 0.25) is 5.02 Å². The van der Waals surface area contributed by atoms with Crippen molar-refractivity contribution >= 4 is 50.9 Å². The van der Waals surface area contributed by atoms with Gasteiger partial charge in [-0.25, -0.2) is 5.43 Å². The first-order valence-electron chi connectivity index (χ1n) is 6.98. The molecule has 3 nitrogen and oxygen atoms in total. The van der Waals surface area contributed by atoms with Crippen molar-refractivity contribution in [2.45, 2.75) is 24.0 Å². The van der Waals surface area contributed by atoms with Crippen molar-refractivity contribution in [1.82, 2.24) is 5.43 Å². The van der Waals surface area contributed by atoms with Gasteiger partial charge in [-0.1, -0.05) is 39.7 Å². The first-order valence-corrected chi connectivity index (χ1v) is 9.03. The summed E-state index contributed by atoms with van der Waals surface area (Å²) in [5, 5.41) is 4.60. The normalized spacial score (nSPS) is 12.8. The highest BCUT2D eigenvalue weighted by atomic mass is 79.9. The van der Waals surface area contributed by atoms with Crippen LogP contribution in [0.3, 0.4) is 0 Å². The molecule has 2 aromatic rings. The largest absolute Gasteiger partial charge is 0.272 e. The summed E-state index contributed by atoms with van der Waals surface area (Å²) in [5.41, 5.74) is 4.34. The third-order valence-electron chi connectivity index (χ3n) is 3.09. The summed E-state index contributed by atoms with van der Waals surface area (Å²) in [7, 11) is 0. The van der Waals surface area contributed by atoms with Crippen molar-refractivity contribution in [3.8, 4) is 0 Å². The van der Waals surface area contributed by atoms with E-state index in [1.807, 2.05) is 62.4 Å². The fraction of sp³-hybridized carbons (Fsp3) is 0.176. The number of hydrogen-bond acceptors (Lipinski definition) is 3. The van der Waals surface area contributed by atoms with Gasteiger partial charge in [-0.15, -0.1) is 11.8 Å². The van der Waals surface area contributed by atoms with E-state index >= 15 is 0 Å². The second-order valence-corrected chi connectivity index (χ2v) is 7.66. The molecule has 0 saturated carbocycles. The summed E-state index contributed by atoms with van der Waals surface area (Å²) >= 11 is 10.7. The first-order chi connectivity index (χ1) is 11.0. The van der Waals surface area contributed by atoms with Gasteiger partial charge >= 0.3 is 0 Å². The van der Waals surface area contributed by atoms with Crippen LogP contribution >= 0.6 is 39.3 Å². The molecule has 0 saturated heterocycles. The van der Waals surface area contributed by atoms with Gasteiger partial charge in [-0.05, 0) is 55.8 Å². The molecule has 1 atom stereocenters. The number of hydrogen-bond donors (Lipinski definition) is 1. The molecule has 0 unspecified atom stereocenters. The third-order valence-corrected chi connectivity index (χ3v) is 4.98.